The van der Waals surface area contributed by atoms with Gasteiger partial charge in [0.25, 0.3) is 5.91 Å². The SMILES string of the molecule is CSCC[C@H](NC(=O)c1ccc(Cl)cc1Cl)c1nc2ccccc2[nH]1. The summed E-state index contributed by atoms with van der Waals surface area (Å²) >= 11 is 13.8. The molecule has 1 heterocycles. The molecule has 0 saturated heterocycles. The van der Waals surface area contributed by atoms with Crippen molar-refractivity contribution in [3.63, 3.8) is 0 Å². The summed E-state index contributed by atoms with van der Waals surface area (Å²) in [6.07, 6.45) is 2.80. The van der Waals surface area contributed by atoms with E-state index in [-0.39, 0.29) is 11.9 Å². The number of aromatic nitrogens is 2. The fraction of sp³-hybridized carbons (Fsp3) is 0.222. The van der Waals surface area contributed by atoms with Gasteiger partial charge in [0.2, 0.25) is 0 Å². The lowest BCUT2D eigenvalue weighted by Gasteiger charge is -2.17. The van der Waals surface area contributed by atoms with E-state index in [1.807, 2.05) is 30.5 Å². The van der Waals surface area contributed by atoms with Crippen LogP contribution in [0, 0.1) is 0 Å². The minimum absolute atomic E-state index is 0.223. The minimum Gasteiger partial charge on any atom is -0.342 e. The zero-order chi connectivity index (χ0) is 17.8. The predicted molar refractivity (Wildman–Crippen MR) is 106 cm³/mol. The lowest BCUT2D eigenvalue weighted by molar-refractivity contribution is 0.0934. The number of nitrogens with zero attached hydrogens (tertiary/aromatic N) is 1. The molecule has 0 aliphatic rings. The van der Waals surface area contributed by atoms with Gasteiger partial charge in [0.1, 0.15) is 5.82 Å². The Bertz CT molecular complexity index is 864. The molecule has 0 aliphatic carbocycles. The maximum Gasteiger partial charge on any atom is 0.253 e. The van der Waals surface area contributed by atoms with E-state index in [1.54, 1.807) is 30.0 Å². The van der Waals surface area contributed by atoms with Crippen LogP contribution in [0.4, 0.5) is 0 Å². The van der Waals surface area contributed by atoms with Crippen molar-refractivity contribution >= 4 is 51.9 Å². The summed E-state index contributed by atoms with van der Waals surface area (Å²) in [5, 5.41) is 3.86. The van der Waals surface area contributed by atoms with Gasteiger partial charge in [-0.1, -0.05) is 35.3 Å². The van der Waals surface area contributed by atoms with E-state index in [0.29, 0.717) is 15.6 Å². The Hall–Kier alpha value is -1.69. The van der Waals surface area contributed by atoms with Crippen LogP contribution in [0.25, 0.3) is 11.0 Å². The minimum atomic E-state index is -0.242. The van der Waals surface area contributed by atoms with Gasteiger partial charge in [-0.3, -0.25) is 4.79 Å². The molecular weight excluding hydrogens is 377 g/mol. The third-order valence-electron chi connectivity index (χ3n) is 3.83. The number of hydrogen-bond acceptors (Lipinski definition) is 3. The molecule has 0 saturated carbocycles. The number of hydrogen-bond donors (Lipinski definition) is 2. The molecule has 2 N–H and O–H groups in total. The van der Waals surface area contributed by atoms with Gasteiger partial charge in [0, 0.05) is 5.02 Å². The van der Waals surface area contributed by atoms with E-state index >= 15 is 0 Å². The Morgan fingerprint density at radius 3 is 2.80 bits per heavy atom. The molecule has 25 heavy (non-hydrogen) atoms. The summed E-state index contributed by atoms with van der Waals surface area (Å²) in [5.41, 5.74) is 2.23. The zero-order valence-electron chi connectivity index (χ0n) is 13.6. The lowest BCUT2D eigenvalue weighted by atomic mass is 10.1. The molecule has 1 aromatic heterocycles. The molecule has 0 aliphatic heterocycles. The molecule has 1 atom stereocenters. The van der Waals surface area contributed by atoms with E-state index in [4.69, 9.17) is 23.2 Å². The highest BCUT2D eigenvalue weighted by atomic mass is 35.5. The molecule has 0 radical (unpaired) electrons. The molecule has 0 bridgehead atoms. The first-order chi connectivity index (χ1) is 12.1. The summed E-state index contributed by atoms with van der Waals surface area (Å²) in [6, 6.07) is 12.4. The highest BCUT2D eigenvalue weighted by molar-refractivity contribution is 7.98. The fourth-order valence-electron chi connectivity index (χ4n) is 2.56. The van der Waals surface area contributed by atoms with Crippen LogP contribution in [0.5, 0.6) is 0 Å². The van der Waals surface area contributed by atoms with Crippen LogP contribution in [0.2, 0.25) is 10.0 Å². The zero-order valence-corrected chi connectivity index (χ0v) is 15.9. The quantitative estimate of drug-likeness (QED) is 0.612. The first-order valence-corrected chi connectivity index (χ1v) is 9.93. The molecule has 3 aromatic rings. The number of thioether (sulfide) groups is 1. The number of nitrogens with one attached hydrogen (secondary N) is 2. The van der Waals surface area contributed by atoms with Crippen molar-refractivity contribution in [2.24, 2.45) is 0 Å². The molecule has 0 unspecified atom stereocenters. The second kappa shape index (κ2) is 8.13. The Morgan fingerprint density at radius 1 is 1.28 bits per heavy atom. The van der Waals surface area contributed by atoms with Gasteiger partial charge in [0.15, 0.2) is 0 Å². The smallest absolute Gasteiger partial charge is 0.253 e. The number of H-pyrrole nitrogens is 1. The standard InChI is InChI=1S/C18H17Cl2N3OS/c1-25-9-8-16(17-21-14-4-2-3-5-15(14)22-17)23-18(24)12-7-6-11(19)10-13(12)20/h2-7,10,16H,8-9H2,1H3,(H,21,22)(H,23,24)/t16-/m0/s1. The number of rotatable bonds is 6. The Labute approximate surface area is 160 Å². The molecule has 1 amide bonds. The summed E-state index contributed by atoms with van der Waals surface area (Å²) < 4.78 is 0. The molecule has 0 spiro atoms. The van der Waals surface area contributed by atoms with Crippen LogP contribution < -0.4 is 5.32 Å². The maximum absolute atomic E-state index is 12.7. The third kappa shape index (κ3) is 4.29. The Balaban J connectivity index is 1.86. The monoisotopic (exact) mass is 393 g/mol. The third-order valence-corrected chi connectivity index (χ3v) is 5.02. The summed E-state index contributed by atoms with van der Waals surface area (Å²) in [4.78, 5) is 20.6. The maximum atomic E-state index is 12.7. The van der Waals surface area contributed by atoms with Gasteiger partial charge in [0.05, 0.1) is 27.7 Å². The first kappa shape index (κ1) is 18.1. The number of halogens is 2. The number of amides is 1. The van der Waals surface area contributed by atoms with E-state index in [1.165, 1.54) is 0 Å². The van der Waals surface area contributed by atoms with Crippen LogP contribution in [0.1, 0.15) is 28.6 Å². The molecule has 4 nitrogen and oxygen atoms in total. The molecule has 7 heteroatoms. The van der Waals surface area contributed by atoms with Gasteiger partial charge < -0.3 is 10.3 Å². The number of aromatic amines is 1. The average Bonchev–Trinajstić information content (AvgIpc) is 3.02. The van der Waals surface area contributed by atoms with Crippen molar-refractivity contribution in [2.45, 2.75) is 12.5 Å². The van der Waals surface area contributed by atoms with Crippen molar-refractivity contribution in [3.8, 4) is 0 Å². The first-order valence-electron chi connectivity index (χ1n) is 7.78. The number of benzene rings is 2. The van der Waals surface area contributed by atoms with Crippen molar-refractivity contribution in [1.82, 2.24) is 15.3 Å². The number of para-hydroxylation sites is 2. The largest absolute Gasteiger partial charge is 0.342 e. The summed E-state index contributed by atoms with van der Waals surface area (Å²) in [6.45, 7) is 0. The van der Waals surface area contributed by atoms with Gasteiger partial charge in [-0.25, -0.2) is 4.98 Å². The fourth-order valence-corrected chi connectivity index (χ4v) is 3.53. The normalized spacial score (nSPS) is 12.3. The van der Waals surface area contributed by atoms with Gasteiger partial charge in [-0.05, 0) is 48.8 Å². The number of carbonyl (C=O) groups excluding carboxylic acids is 1. The number of fused-ring (bicyclic) bond motifs is 1. The van der Waals surface area contributed by atoms with Crippen molar-refractivity contribution < 1.29 is 4.79 Å². The Morgan fingerprint density at radius 2 is 2.08 bits per heavy atom. The van der Waals surface area contributed by atoms with E-state index in [0.717, 1.165) is 29.0 Å². The van der Waals surface area contributed by atoms with Crippen LogP contribution >= 0.6 is 35.0 Å². The van der Waals surface area contributed by atoms with Gasteiger partial charge >= 0.3 is 0 Å². The molecular formula is C18H17Cl2N3OS. The topological polar surface area (TPSA) is 57.8 Å². The van der Waals surface area contributed by atoms with E-state index in [2.05, 4.69) is 15.3 Å². The number of carbonyl (C=O) groups is 1. The molecule has 3 rings (SSSR count). The second-order valence-corrected chi connectivity index (χ2v) is 7.40. The van der Waals surface area contributed by atoms with Gasteiger partial charge in [-0.2, -0.15) is 11.8 Å². The van der Waals surface area contributed by atoms with E-state index < -0.39 is 0 Å². The highest BCUT2D eigenvalue weighted by Gasteiger charge is 2.20. The number of imidazole rings is 1. The lowest BCUT2D eigenvalue weighted by Crippen LogP contribution is -2.30. The molecule has 2 aromatic carbocycles. The van der Waals surface area contributed by atoms with Crippen LogP contribution in [0.15, 0.2) is 42.5 Å². The summed E-state index contributed by atoms with van der Waals surface area (Å²) in [7, 11) is 0. The molecule has 0 fully saturated rings. The molecule has 130 valence electrons. The Kier molecular flexibility index (Phi) is 5.89. The van der Waals surface area contributed by atoms with Crippen molar-refractivity contribution in [2.75, 3.05) is 12.0 Å². The highest BCUT2D eigenvalue weighted by Crippen LogP contribution is 2.24. The second-order valence-electron chi connectivity index (χ2n) is 5.57. The van der Waals surface area contributed by atoms with Crippen LogP contribution in [0.3, 0.4) is 0 Å². The average molecular weight is 394 g/mol. The van der Waals surface area contributed by atoms with Gasteiger partial charge in [-0.15, -0.1) is 0 Å². The van der Waals surface area contributed by atoms with Crippen molar-refractivity contribution in [1.29, 1.82) is 0 Å². The summed E-state index contributed by atoms with van der Waals surface area (Å²) in [5.74, 6) is 1.40. The van der Waals surface area contributed by atoms with Crippen LogP contribution in [-0.4, -0.2) is 27.9 Å². The van der Waals surface area contributed by atoms with Crippen molar-refractivity contribution in [3.05, 3.63) is 63.9 Å². The van der Waals surface area contributed by atoms with E-state index in [9.17, 15) is 4.79 Å². The predicted octanol–water partition coefficient (Wildman–Crippen LogP) is 5.09. The van der Waals surface area contributed by atoms with Crippen LogP contribution in [-0.2, 0) is 0 Å².